The van der Waals surface area contributed by atoms with Gasteiger partial charge in [0.2, 0.25) is 0 Å². The lowest BCUT2D eigenvalue weighted by molar-refractivity contribution is 0.194. The number of methoxy groups -OCH3 is 1. The number of rotatable bonds is 5. The number of aromatic nitrogens is 2. The van der Waals surface area contributed by atoms with Gasteiger partial charge in [0, 0.05) is 26.1 Å². The van der Waals surface area contributed by atoms with Gasteiger partial charge >= 0.3 is 0 Å². The van der Waals surface area contributed by atoms with E-state index in [0.29, 0.717) is 11.7 Å². The molecule has 2 N–H and O–H groups in total. The number of aryl methyl sites for hydroxylation is 1. The van der Waals surface area contributed by atoms with Crippen LogP contribution >= 0.6 is 22.6 Å². The van der Waals surface area contributed by atoms with Crippen molar-refractivity contribution in [1.82, 2.24) is 9.97 Å². The Morgan fingerprint density at radius 2 is 2.19 bits per heavy atom. The average Bonchev–Trinajstić information content (AvgIpc) is 3.07. The Labute approximate surface area is 109 Å². The summed E-state index contributed by atoms with van der Waals surface area (Å²) in [5, 5.41) is 0. The molecule has 1 aliphatic rings. The largest absolute Gasteiger partial charge is 0.385 e. The third-order valence-electron chi connectivity index (χ3n) is 2.66. The normalized spacial score (nSPS) is 15.4. The topological polar surface area (TPSA) is 61.0 Å². The lowest BCUT2D eigenvalue weighted by atomic mass is 10.2. The number of hydrogen-bond acceptors (Lipinski definition) is 4. The third-order valence-corrected chi connectivity index (χ3v) is 3.77. The molecule has 0 unspecified atom stereocenters. The van der Waals surface area contributed by atoms with Gasteiger partial charge < -0.3 is 10.5 Å². The Morgan fingerprint density at radius 1 is 1.44 bits per heavy atom. The second-order valence-electron chi connectivity index (χ2n) is 4.09. The Bertz CT molecular complexity index is 380. The number of nitrogens with two attached hydrogens (primary N) is 1. The van der Waals surface area contributed by atoms with E-state index in [1.807, 2.05) is 0 Å². The summed E-state index contributed by atoms with van der Waals surface area (Å²) in [7, 11) is 1.71. The van der Waals surface area contributed by atoms with Crippen LogP contribution in [0.3, 0.4) is 0 Å². The van der Waals surface area contributed by atoms with Crippen molar-refractivity contribution in [3.05, 3.63) is 15.1 Å². The van der Waals surface area contributed by atoms with Crippen molar-refractivity contribution in [2.75, 3.05) is 19.5 Å². The summed E-state index contributed by atoms with van der Waals surface area (Å²) in [6.45, 7) is 0.744. The minimum Gasteiger partial charge on any atom is -0.385 e. The van der Waals surface area contributed by atoms with Crippen LogP contribution in [0.4, 0.5) is 5.82 Å². The van der Waals surface area contributed by atoms with Crippen LogP contribution in [-0.4, -0.2) is 23.7 Å². The van der Waals surface area contributed by atoms with E-state index >= 15 is 0 Å². The van der Waals surface area contributed by atoms with E-state index in [4.69, 9.17) is 10.5 Å². The molecule has 0 amide bonds. The molecule has 0 bridgehead atoms. The van der Waals surface area contributed by atoms with Crippen molar-refractivity contribution >= 4 is 28.4 Å². The van der Waals surface area contributed by atoms with E-state index in [1.54, 1.807) is 7.11 Å². The smallest absolute Gasteiger partial charge is 0.140 e. The van der Waals surface area contributed by atoms with E-state index in [0.717, 1.165) is 34.5 Å². The molecule has 0 radical (unpaired) electrons. The molecule has 0 saturated heterocycles. The average molecular weight is 333 g/mol. The highest BCUT2D eigenvalue weighted by molar-refractivity contribution is 14.1. The molecule has 1 saturated carbocycles. The zero-order valence-corrected chi connectivity index (χ0v) is 11.5. The van der Waals surface area contributed by atoms with E-state index in [1.165, 1.54) is 12.8 Å². The van der Waals surface area contributed by atoms with Gasteiger partial charge in [-0.1, -0.05) is 0 Å². The maximum absolute atomic E-state index is 5.90. The number of nitrogen functional groups attached to an aromatic ring is 1. The Kier molecular flexibility index (Phi) is 3.96. The van der Waals surface area contributed by atoms with Gasteiger partial charge in [0.05, 0.1) is 9.26 Å². The highest BCUT2D eigenvalue weighted by Gasteiger charge is 2.28. The summed E-state index contributed by atoms with van der Waals surface area (Å²) < 4.78 is 6.06. The number of anilines is 1. The molecule has 1 aromatic heterocycles. The Morgan fingerprint density at radius 3 is 2.81 bits per heavy atom. The Balaban J connectivity index is 2.13. The van der Waals surface area contributed by atoms with Crippen LogP contribution in [0.2, 0.25) is 0 Å². The molecular weight excluding hydrogens is 317 g/mol. The van der Waals surface area contributed by atoms with Crippen molar-refractivity contribution in [1.29, 1.82) is 0 Å². The monoisotopic (exact) mass is 333 g/mol. The first-order chi connectivity index (χ1) is 7.72. The van der Waals surface area contributed by atoms with Crippen molar-refractivity contribution < 1.29 is 4.74 Å². The van der Waals surface area contributed by atoms with Gasteiger partial charge in [-0.25, -0.2) is 9.97 Å². The van der Waals surface area contributed by atoms with Gasteiger partial charge in [-0.05, 0) is 41.9 Å². The van der Waals surface area contributed by atoms with Crippen molar-refractivity contribution in [2.45, 2.75) is 31.6 Å². The first-order valence-corrected chi connectivity index (χ1v) is 6.61. The Hall–Kier alpha value is -0.430. The van der Waals surface area contributed by atoms with Gasteiger partial charge in [0.25, 0.3) is 0 Å². The van der Waals surface area contributed by atoms with Crippen molar-refractivity contribution in [3.8, 4) is 0 Å². The van der Waals surface area contributed by atoms with Gasteiger partial charge in [-0.2, -0.15) is 0 Å². The fourth-order valence-electron chi connectivity index (χ4n) is 1.65. The molecule has 88 valence electrons. The highest BCUT2D eigenvalue weighted by Crippen LogP contribution is 2.41. The minimum atomic E-state index is 0.623. The maximum Gasteiger partial charge on any atom is 0.140 e. The molecule has 1 heterocycles. The predicted molar refractivity (Wildman–Crippen MR) is 71.3 cm³/mol. The standard InChI is InChI=1S/C11H16IN3O/c1-16-6-2-3-8-14-10(7-4-5-7)9(12)11(13)15-8/h7H,2-6H2,1H3,(H2,13,14,15). The first-order valence-electron chi connectivity index (χ1n) is 5.53. The molecule has 2 rings (SSSR count). The van der Waals surface area contributed by atoms with Crippen LogP contribution in [-0.2, 0) is 11.2 Å². The molecule has 1 aromatic rings. The lowest BCUT2D eigenvalue weighted by Crippen LogP contribution is -2.07. The fraction of sp³-hybridized carbons (Fsp3) is 0.636. The van der Waals surface area contributed by atoms with Gasteiger partial charge in [0.15, 0.2) is 0 Å². The van der Waals surface area contributed by atoms with Gasteiger partial charge in [-0.3, -0.25) is 0 Å². The quantitative estimate of drug-likeness (QED) is 0.662. The molecular formula is C11H16IN3O. The van der Waals surface area contributed by atoms with Crippen LogP contribution < -0.4 is 5.73 Å². The van der Waals surface area contributed by atoms with Crippen molar-refractivity contribution in [2.24, 2.45) is 0 Å². The molecule has 1 aliphatic carbocycles. The van der Waals surface area contributed by atoms with Gasteiger partial charge in [-0.15, -0.1) is 0 Å². The fourth-order valence-corrected chi connectivity index (χ4v) is 2.33. The maximum atomic E-state index is 5.90. The second-order valence-corrected chi connectivity index (χ2v) is 5.17. The highest BCUT2D eigenvalue weighted by atomic mass is 127. The van der Waals surface area contributed by atoms with E-state index in [2.05, 4.69) is 32.6 Å². The summed E-state index contributed by atoms with van der Waals surface area (Å²) in [5.74, 6) is 2.11. The molecule has 0 spiro atoms. The predicted octanol–water partition coefficient (Wildman–Crippen LogP) is 2.12. The van der Waals surface area contributed by atoms with Crippen LogP contribution in [0.15, 0.2) is 0 Å². The molecule has 16 heavy (non-hydrogen) atoms. The summed E-state index contributed by atoms with van der Waals surface area (Å²) >= 11 is 2.25. The summed E-state index contributed by atoms with van der Waals surface area (Å²) in [6.07, 6.45) is 4.27. The molecule has 4 nitrogen and oxygen atoms in total. The number of ether oxygens (including phenoxy) is 1. The van der Waals surface area contributed by atoms with Crippen LogP contribution in [0, 0.1) is 3.57 Å². The number of nitrogens with zero attached hydrogens (tertiary/aromatic N) is 2. The molecule has 0 aromatic carbocycles. The zero-order valence-electron chi connectivity index (χ0n) is 9.37. The molecule has 0 aliphatic heterocycles. The summed E-state index contributed by atoms with van der Waals surface area (Å²) in [4.78, 5) is 8.93. The lowest BCUT2D eigenvalue weighted by Gasteiger charge is -2.07. The summed E-state index contributed by atoms with van der Waals surface area (Å²) in [5.41, 5.74) is 7.05. The molecule has 0 atom stereocenters. The van der Waals surface area contributed by atoms with E-state index in [-0.39, 0.29) is 0 Å². The zero-order chi connectivity index (χ0) is 11.5. The number of hydrogen-bond donors (Lipinski definition) is 1. The van der Waals surface area contributed by atoms with E-state index in [9.17, 15) is 0 Å². The van der Waals surface area contributed by atoms with Crippen LogP contribution in [0.25, 0.3) is 0 Å². The SMILES string of the molecule is COCCCc1nc(N)c(I)c(C2CC2)n1. The third kappa shape index (κ3) is 2.82. The summed E-state index contributed by atoms with van der Waals surface area (Å²) in [6, 6.07) is 0. The molecule has 5 heteroatoms. The van der Waals surface area contributed by atoms with Crippen LogP contribution in [0.5, 0.6) is 0 Å². The van der Waals surface area contributed by atoms with E-state index < -0.39 is 0 Å². The number of halogens is 1. The minimum absolute atomic E-state index is 0.623. The van der Waals surface area contributed by atoms with Crippen molar-refractivity contribution in [3.63, 3.8) is 0 Å². The van der Waals surface area contributed by atoms with Crippen LogP contribution in [0.1, 0.15) is 36.7 Å². The molecule has 1 fully saturated rings. The van der Waals surface area contributed by atoms with Gasteiger partial charge in [0.1, 0.15) is 11.6 Å². The second kappa shape index (κ2) is 5.27. The first kappa shape index (κ1) is 12.0.